The molecule has 1 amide bonds. The van der Waals surface area contributed by atoms with Crippen LogP contribution < -0.4 is 10.1 Å². The molecule has 0 fully saturated rings. The predicted octanol–water partition coefficient (Wildman–Crippen LogP) is 4.10. The molecule has 0 aliphatic carbocycles. The molecule has 30 heavy (non-hydrogen) atoms. The van der Waals surface area contributed by atoms with E-state index in [2.05, 4.69) is 11.2 Å². The molecule has 0 atom stereocenters. The molecule has 3 rings (SSSR count). The predicted molar refractivity (Wildman–Crippen MR) is 115 cm³/mol. The van der Waals surface area contributed by atoms with E-state index in [0.29, 0.717) is 23.5 Å². The van der Waals surface area contributed by atoms with Crippen LogP contribution in [0.2, 0.25) is 0 Å². The molecule has 0 saturated carbocycles. The number of hydrogen-bond donors (Lipinski definition) is 2. The van der Waals surface area contributed by atoms with Gasteiger partial charge in [0.1, 0.15) is 18.1 Å². The molecule has 148 valence electrons. The Balaban J connectivity index is 1.67. The van der Waals surface area contributed by atoms with Crippen molar-refractivity contribution in [2.45, 2.75) is 6.61 Å². The zero-order valence-corrected chi connectivity index (χ0v) is 16.0. The summed E-state index contributed by atoms with van der Waals surface area (Å²) >= 11 is 0. The highest BCUT2D eigenvalue weighted by molar-refractivity contribution is 6.02. The second-order valence-corrected chi connectivity index (χ2v) is 6.39. The Morgan fingerprint density at radius 1 is 1.00 bits per heavy atom. The summed E-state index contributed by atoms with van der Waals surface area (Å²) in [4.78, 5) is 23.7. The van der Waals surface area contributed by atoms with Crippen LogP contribution in [0.5, 0.6) is 5.75 Å². The average Bonchev–Trinajstić information content (AvgIpc) is 2.78. The van der Waals surface area contributed by atoms with Crippen molar-refractivity contribution in [2.24, 2.45) is 0 Å². The van der Waals surface area contributed by atoms with E-state index in [1.54, 1.807) is 54.6 Å². The lowest BCUT2D eigenvalue weighted by Gasteiger charge is -2.08. The third kappa shape index (κ3) is 5.60. The summed E-state index contributed by atoms with van der Waals surface area (Å²) in [7, 11) is 0. The van der Waals surface area contributed by atoms with Crippen molar-refractivity contribution in [1.82, 2.24) is 5.32 Å². The Bertz CT molecular complexity index is 1110. The summed E-state index contributed by atoms with van der Waals surface area (Å²) in [5, 5.41) is 11.8. The number of terminal acetylenes is 1. The Morgan fingerprint density at radius 2 is 1.73 bits per heavy atom. The molecule has 3 aromatic rings. The van der Waals surface area contributed by atoms with Crippen LogP contribution in [0.15, 0.2) is 84.6 Å². The van der Waals surface area contributed by atoms with Crippen molar-refractivity contribution in [1.29, 1.82) is 0 Å². The maximum Gasteiger partial charge on any atom is 0.352 e. The molecule has 5 nitrogen and oxygen atoms in total. The summed E-state index contributed by atoms with van der Waals surface area (Å²) in [5.41, 5.74) is 2.51. The zero-order valence-electron chi connectivity index (χ0n) is 16.0. The Kier molecular flexibility index (Phi) is 6.65. The number of benzene rings is 3. The Hall–Kier alpha value is -4.30. The molecule has 5 heteroatoms. The molecule has 0 bridgehead atoms. The van der Waals surface area contributed by atoms with E-state index in [9.17, 15) is 14.7 Å². The molecule has 0 aliphatic rings. The van der Waals surface area contributed by atoms with Crippen molar-refractivity contribution in [3.8, 4) is 18.1 Å². The second-order valence-electron chi connectivity index (χ2n) is 6.39. The smallest absolute Gasteiger partial charge is 0.352 e. The molecule has 3 aromatic carbocycles. The van der Waals surface area contributed by atoms with Crippen molar-refractivity contribution < 1.29 is 19.4 Å². The summed E-state index contributed by atoms with van der Waals surface area (Å²) in [6, 6.07) is 22.8. The summed E-state index contributed by atoms with van der Waals surface area (Å²) < 4.78 is 5.75. The lowest BCUT2D eigenvalue weighted by Crippen LogP contribution is -2.27. The van der Waals surface area contributed by atoms with Gasteiger partial charge < -0.3 is 15.2 Å². The molecular formula is C25H19NO4. The topological polar surface area (TPSA) is 75.6 Å². The van der Waals surface area contributed by atoms with E-state index in [1.807, 2.05) is 24.3 Å². The number of carboxylic acid groups (broad SMARTS) is 1. The van der Waals surface area contributed by atoms with Gasteiger partial charge >= 0.3 is 5.97 Å². The molecule has 0 saturated heterocycles. The van der Waals surface area contributed by atoms with E-state index in [1.165, 1.54) is 6.08 Å². The molecule has 0 unspecified atom stereocenters. The highest BCUT2D eigenvalue weighted by Gasteiger charge is 2.13. The van der Waals surface area contributed by atoms with E-state index in [4.69, 9.17) is 11.2 Å². The third-order valence-corrected chi connectivity index (χ3v) is 4.20. The second kappa shape index (κ2) is 9.76. The van der Waals surface area contributed by atoms with Crippen LogP contribution >= 0.6 is 0 Å². The van der Waals surface area contributed by atoms with Gasteiger partial charge in [-0.2, -0.15) is 0 Å². The fourth-order valence-electron chi connectivity index (χ4n) is 2.68. The normalized spacial score (nSPS) is 10.7. The molecule has 0 heterocycles. The van der Waals surface area contributed by atoms with E-state index in [-0.39, 0.29) is 5.70 Å². The third-order valence-electron chi connectivity index (χ3n) is 4.20. The van der Waals surface area contributed by atoms with Crippen LogP contribution in [0.1, 0.15) is 27.0 Å². The highest BCUT2D eigenvalue weighted by Crippen LogP contribution is 2.16. The maximum absolute atomic E-state index is 12.2. The van der Waals surface area contributed by atoms with Gasteiger partial charge in [-0.3, -0.25) is 4.79 Å². The van der Waals surface area contributed by atoms with Crippen LogP contribution in [0, 0.1) is 12.3 Å². The number of carbonyl (C=O) groups excluding carboxylic acids is 1. The first-order chi connectivity index (χ1) is 14.5. The number of carboxylic acids is 1. The standard InChI is InChI=1S/C25H19NO4/c1-2-18-7-6-8-20(15-18)17-30-22-13-11-19(12-14-22)16-23(25(28)29)26-24(27)21-9-4-3-5-10-21/h1,3-16H,17H2,(H,26,27)(H,28,29)/b23-16-. The first-order valence-electron chi connectivity index (χ1n) is 9.15. The minimum Gasteiger partial charge on any atom is -0.489 e. The van der Waals surface area contributed by atoms with Crippen LogP contribution in [-0.4, -0.2) is 17.0 Å². The first kappa shape index (κ1) is 20.4. The zero-order chi connectivity index (χ0) is 21.3. The minimum absolute atomic E-state index is 0.219. The summed E-state index contributed by atoms with van der Waals surface area (Å²) in [5.74, 6) is 1.50. The Labute approximate surface area is 174 Å². The average molecular weight is 397 g/mol. The monoisotopic (exact) mass is 397 g/mol. The van der Waals surface area contributed by atoms with E-state index in [0.717, 1.165) is 11.1 Å². The van der Waals surface area contributed by atoms with Gasteiger partial charge in [-0.15, -0.1) is 6.42 Å². The molecule has 0 radical (unpaired) electrons. The van der Waals surface area contributed by atoms with Gasteiger partial charge in [0.25, 0.3) is 5.91 Å². The number of aliphatic carboxylic acids is 1. The largest absolute Gasteiger partial charge is 0.489 e. The summed E-state index contributed by atoms with van der Waals surface area (Å²) in [6.45, 7) is 0.359. The fraction of sp³-hybridized carbons (Fsp3) is 0.0400. The first-order valence-corrected chi connectivity index (χ1v) is 9.15. The number of nitrogens with one attached hydrogen (secondary N) is 1. The van der Waals surface area contributed by atoms with Gasteiger partial charge in [-0.05, 0) is 53.6 Å². The minimum atomic E-state index is -1.23. The van der Waals surface area contributed by atoms with Gasteiger partial charge in [-0.1, -0.05) is 48.4 Å². The number of amides is 1. The van der Waals surface area contributed by atoms with Crippen molar-refractivity contribution in [2.75, 3.05) is 0 Å². The number of hydrogen-bond acceptors (Lipinski definition) is 3. The molecule has 0 aliphatic heterocycles. The van der Waals surface area contributed by atoms with E-state index >= 15 is 0 Å². The van der Waals surface area contributed by atoms with Gasteiger partial charge in [0.15, 0.2) is 0 Å². The van der Waals surface area contributed by atoms with Gasteiger partial charge in [0.05, 0.1) is 0 Å². The van der Waals surface area contributed by atoms with Gasteiger partial charge in [0, 0.05) is 11.1 Å². The van der Waals surface area contributed by atoms with Gasteiger partial charge in [0.2, 0.25) is 0 Å². The lowest BCUT2D eigenvalue weighted by atomic mass is 10.1. The van der Waals surface area contributed by atoms with Crippen molar-refractivity contribution in [3.05, 3.63) is 107 Å². The SMILES string of the molecule is C#Cc1cccc(COc2ccc(/C=C(\NC(=O)c3ccccc3)C(=O)O)cc2)c1. The molecule has 0 aromatic heterocycles. The van der Waals surface area contributed by atoms with Crippen LogP contribution in [-0.2, 0) is 11.4 Å². The van der Waals surface area contributed by atoms with Crippen LogP contribution in [0.4, 0.5) is 0 Å². The quantitative estimate of drug-likeness (QED) is 0.465. The molecular weight excluding hydrogens is 378 g/mol. The lowest BCUT2D eigenvalue weighted by molar-refractivity contribution is -0.132. The van der Waals surface area contributed by atoms with Crippen molar-refractivity contribution >= 4 is 18.0 Å². The van der Waals surface area contributed by atoms with Crippen molar-refractivity contribution in [3.63, 3.8) is 0 Å². The number of ether oxygens (including phenoxy) is 1. The fourth-order valence-corrected chi connectivity index (χ4v) is 2.68. The molecule has 0 spiro atoms. The summed E-state index contributed by atoms with van der Waals surface area (Å²) in [6.07, 6.45) is 6.79. The number of carbonyl (C=O) groups is 2. The highest BCUT2D eigenvalue weighted by atomic mass is 16.5. The van der Waals surface area contributed by atoms with Crippen LogP contribution in [0.3, 0.4) is 0 Å². The maximum atomic E-state index is 12.2. The van der Waals surface area contributed by atoms with Crippen LogP contribution in [0.25, 0.3) is 6.08 Å². The Morgan fingerprint density at radius 3 is 2.40 bits per heavy atom. The van der Waals surface area contributed by atoms with Gasteiger partial charge in [-0.25, -0.2) is 4.79 Å². The number of rotatable bonds is 7. The molecule has 2 N–H and O–H groups in total. The van der Waals surface area contributed by atoms with E-state index < -0.39 is 11.9 Å².